The molecule has 2 aromatic heterocycles. The van der Waals surface area contributed by atoms with Crippen molar-refractivity contribution in [1.29, 1.82) is 0 Å². The molecule has 3 rings (SSSR count). The Labute approximate surface area is 145 Å². The van der Waals surface area contributed by atoms with E-state index >= 15 is 0 Å². The lowest BCUT2D eigenvalue weighted by molar-refractivity contribution is -0.142. The maximum absolute atomic E-state index is 12.4. The molecule has 0 aromatic carbocycles. The van der Waals surface area contributed by atoms with Crippen molar-refractivity contribution in [3.05, 3.63) is 23.1 Å². The third-order valence-electron chi connectivity index (χ3n) is 5.00. The number of carbonyl (C=O) groups is 2. The zero-order chi connectivity index (χ0) is 18.1. The molecule has 1 amide bonds. The summed E-state index contributed by atoms with van der Waals surface area (Å²) in [7, 11) is 1.87. The van der Waals surface area contributed by atoms with E-state index in [4.69, 9.17) is 5.11 Å². The fourth-order valence-electron chi connectivity index (χ4n) is 3.46. The van der Waals surface area contributed by atoms with Crippen molar-refractivity contribution in [3.63, 3.8) is 0 Å². The van der Waals surface area contributed by atoms with E-state index in [1.807, 2.05) is 20.9 Å². The second-order valence-electron chi connectivity index (χ2n) is 6.70. The van der Waals surface area contributed by atoms with Gasteiger partial charge in [-0.3, -0.25) is 19.4 Å². The molecule has 0 atom stereocenters. The van der Waals surface area contributed by atoms with Crippen LogP contribution < -0.4 is 5.32 Å². The highest BCUT2D eigenvalue weighted by Crippen LogP contribution is 2.26. The van der Waals surface area contributed by atoms with Crippen LogP contribution in [0.25, 0.3) is 11.3 Å². The van der Waals surface area contributed by atoms with Crippen LogP contribution in [0, 0.1) is 19.8 Å². The van der Waals surface area contributed by atoms with Gasteiger partial charge in [-0.2, -0.15) is 10.2 Å². The first-order chi connectivity index (χ1) is 11.9. The molecule has 0 aliphatic heterocycles. The number of nitrogens with one attached hydrogen (secondary N) is 2. The standard InChI is InChI=1S/C17H23N5O3/c1-9-15(10(2)22(3)21-9)13-8-14(20-19-13)16(23)18-12-6-4-11(5-7-12)17(24)25/h8,11-12H,4-7H2,1-3H3,(H,18,23)(H,19,20)(H,24,25). The first-order valence-electron chi connectivity index (χ1n) is 8.46. The van der Waals surface area contributed by atoms with Gasteiger partial charge in [0.25, 0.3) is 5.91 Å². The Balaban J connectivity index is 1.66. The van der Waals surface area contributed by atoms with Crippen molar-refractivity contribution in [1.82, 2.24) is 25.3 Å². The second kappa shape index (κ2) is 6.70. The van der Waals surface area contributed by atoms with Gasteiger partial charge in [-0.25, -0.2) is 0 Å². The summed E-state index contributed by atoms with van der Waals surface area (Å²) in [4.78, 5) is 23.4. The molecule has 0 unspecified atom stereocenters. The number of carboxylic acids is 1. The summed E-state index contributed by atoms with van der Waals surface area (Å²) in [6, 6.07) is 1.74. The summed E-state index contributed by atoms with van der Waals surface area (Å²) >= 11 is 0. The molecule has 2 aromatic rings. The van der Waals surface area contributed by atoms with E-state index < -0.39 is 5.97 Å². The Kier molecular flexibility index (Phi) is 4.61. The van der Waals surface area contributed by atoms with E-state index in [0.717, 1.165) is 17.0 Å². The number of carboxylic acid groups (broad SMARTS) is 1. The molecule has 8 nitrogen and oxygen atoms in total. The number of carbonyl (C=O) groups excluding carboxylic acids is 1. The van der Waals surface area contributed by atoms with Crippen LogP contribution in [0.3, 0.4) is 0 Å². The molecule has 1 saturated carbocycles. The number of aromatic amines is 1. The number of aromatic nitrogens is 4. The molecule has 3 N–H and O–H groups in total. The number of hydrogen-bond acceptors (Lipinski definition) is 4. The molecule has 0 spiro atoms. The zero-order valence-corrected chi connectivity index (χ0v) is 14.7. The molecular weight excluding hydrogens is 322 g/mol. The number of aryl methyl sites for hydroxylation is 2. The predicted octanol–water partition coefficient (Wildman–Crippen LogP) is 1.80. The van der Waals surface area contributed by atoms with Gasteiger partial charge >= 0.3 is 5.97 Å². The van der Waals surface area contributed by atoms with Crippen molar-refractivity contribution in [2.45, 2.75) is 45.6 Å². The van der Waals surface area contributed by atoms with Crippen LogP contribution in [0.5, 0.6) is 0 Å². The van der Waals surface area contributed by atoms with Crippen molar-refractivity contribution in [3.8, 4) is 11.3 Å². The Morgan fingerprint density at radius 1 is 1.28 bits per heavy atom. The van der Waals surface area contributed by atoms with Gasteiger partial charge in [0.05, 0.1) is 17.3 Å². The minimum absolute atomic E-state index is 0.0108. The summed E-state index contributed by atoms with van der Waals surface area (Å²) < 4.78 is 1.79. The van der Waals surface area contributed by atoms with E-state index in [9.17, 15) is 9.59 Å². The molecule has 134 valence electrons. The van der Waals surface area contributed by atoms with Gasteiger partial charge in [0, 0.05) is 24.3 Å². The predicted molar refractivity (Wildman–Crippen MR) is 91.1 cm³/mol. The molecule has 0 radical (unpaired) electrons. The molecule has 2 heterocycles. The van der Waals surface area contributed by atoms with Gasteiger partial charge in [0.1, 0.15) is 5.69 Å². The highest BCUT2D eigenvalue weighted by atomic mass is 16.4. The highest BCUT2D eigenvalue weighted by molar-refractivity contribution is 5.93. The summed E-state index contributed by atoms with van der Waals surface area (Å²) in [5.74, 6) is -1.25. The summed E-state index contributed by atoms with van der Waals surface area (Å²) in [6.45, 7) is 3.88. The number of aliphatic carboxylic acids is 1. The van der Waals surface area contributed by atoms with Gasteiger partial charge < -0.3 is 10.4 Å². The average Bonchev–Trinajstić information content (AvgIpc) is 3.13. The molecule has 0 bridgehead atoms. The SMILES string of the molecule is Cc1nn(C)c(C)c1-c1cc(C(=O)NC2CCC(C(=O)O)CC2)[nH]n1. The molecule has 1 aliphatic rings. The zero-order valence-electron chi connectivity index (χ0n) is 14.7. The topological polar surface area (TPSA) is 113 Å². The number of nitrogens with zero attached hydrogens (tertiary/aromatic N) is 3. The minimum atomic E-state index is -0.745. The smallest absolute Gasteiger partial charge is 0.306 e. The van der Waals surface area contributed by atoms with Crippen LogP contribution in [-0.2, 0) is 11.8 Å². The minimum Gasteiger partial charge on any atom is -0.481 e. The van der Waals surface area contributed by atoms with E-state index in [0.29, 0.717) is 37.1 Å². The third-order valence-corrected chi connectivity index (χ3v) is 5.00. The maximum atomic E-state index is 12.4. The van der Waals surface area contributed by atoms with E-state index in [1.165, 1.54) is 0 Å². The highest BCUT2D eigenvalue weighted by Gasteiger charge is 2.27. The molecule has 25 heavy (non-hydrogen) atoms. The molecule has 8 heteroatoms. The summed E-state index contributed by atoms with van der Waals surface area (Å²) in [6.07, 6.45) is 2.57. The van der Waals surface area contributed by atoms with E-state index in [1.54, 1.807) is 10.7 Å². The van der Waals surface area contributed by atoms with Crippen molar-refractivity contribution in [2.24, 2.45) is 13.0 Å². The van der Waals surface area contributed by atoms with Gasteiger partial charge in [-0.05, 0) is 45.6 Å². The molecular formula is C17H23N5O3. The Morgan fingerprint density at radius 2 is 1.96 bits per heavy atom. The van der Waals surface area contributed by atoms with E-state index in [2.05, 4.69) is 20.6 Å². The van der Waals surface area contributed by atoms with Crippen molar-refractivity contribution < 1.29 is 14.7 Å². The van der Waals surface area contributed by atoms with Crippen LogP contribution in [0.2, 0.25) is 0 Å². The van der Waals surface area contributed by atoms with Gasteiger partial charge in [0.2, 0.25) is 0 Å². The lowest BCUT2D eigenvalue weighted by Gasteiger charge is -2.26. The van der Waals surface area contributed by atoms with Gasteiger partial charge in [-0.1, -0.05) is 0 Å². The fourth-order valence-corrected chi connectivity index (χ4v) is 3.46. The largest absolute Gasteiger partial charge is 0.481 e. The lowest BCUT2D eigenvalue weighted by atomic mass is 9.86. The molecule has 1 fully saturated rings. The van der Waals surface area contributed by atoms with Gasteiger partial charge in [-0.15, -0.1) is 0 Å². The number of rotatable bonds is 4. The summed E-state index contributed by atoms with van der Waals surface area (Å²) in [5.41, 5.74) is 3.88. The lowest BCUT2D eigenvalue weighted by Crippen LogP contribution is -2.38. The van der Waals surface area contributed by atoms with Gasteiger partial charge in [0.15, 0.2) is 0 Å². The Hall–Kier alpha value is -2.64. The average molecular weight is 345 g/mol. The Bertz CT molecular complexity index is 799. The van der Waals surface area contributed by atoms with Crippen LogP contribution >= 0.6 is 0 Å². The quantitative estimate of drug-likeness (QED) is 0.782. The number of amides is 1. The number of H-pyrrole nitrogens is 1. The first kappa shape index (κ1) is 17.2. The maximum Gasteiger partial charge on any atom is 0.306 e. The number of hydrogen-bond donors (Lipinski definition) is 3. The van der Waals surface area contributed by atoms with Crippen LogP contribution in [0.1, 0.15) is 47.6 Å². The molecule has 0 saturated heterocycles. The Morgan fingerprint density at radius 3 is 2.52 bits per heavy atom. The normalized spacial score (nSPS) is 20.4. The van der Waals surface area contributed by atoms with Crippen LogP contribution in [0.15, 0.2) is 6.07 Å². The molecule has 1 aliphatic carbocycles. The van der Waals surface area contributed by atoms with Crippen LogP contribution in [-0.4, -0.2) is 43.0 Å². The fraction of sp³-hybridized carbons (Fsp3) is 0.529. The van der Waals surface area contributed by atoms with Crippen molar-refractivity contribution in [2.75, 3.05) is 0 Å². The monoisotopic (exact) mass is 345 g/mol. The third kappa shape index (κ3) is 3.42. The van der Waals surface area contributed by atoms with E-state index in [-0.39, 0.29) is 17.9 Å². The second-order valence-corrected chi connectivity index (χ2v) is 6.70. The van der Waals surface area contributed by atoms with Crippen LogP contribution in [0.4, 0.5) is 0 Å². The van der Waals surface area contributed by atoms with Crippen molar-refractivity contribution >= 4 is 11.9 Å². The summed E-state index contributed by atoms with van der Waals surface area (Å²) in [5, 5.41) is 23.4. The first-order valence-corrected chi connectivity index (χ1v) is 8.46.